The van der Waals surface area contributed by atoms with Gasteiger partial charge in [0.2, 0.25) is 0 Å². The van der Waals surface area contributed by atoms with E-state index in [1.165, 1.54) is 0 Å². The Morgan fingerprint density at radius 3 is 2.37 bits per heavy atom. The Balaban J connectivity index is 1.53. The fourth-order valence-electron chi connectivity index (χ4n) is 3.43. The molecule has 1 saturated heterocycles. The normalized spacial score (nSPS) is 15.0. The molecule has 4 rings (SSSR count). The third-order valence-corrected chi connectivity index (χ3v) is 5.06. The van der Waals surface area contributed by atoms with E-state index in [1.807, 2.05) is 45.2 Å². The van der Waals surface area contributed by atoms with Gasteiger partial charge in [0.25, 0.3) is 5.56 Å². The van der Waals surface area contributed by atoms with Crippen LogP contribution in [0.2, 0.25) is 0 Å². The van der Waals surface area contributed by atoms with Crippen LogP contribution in [0, 0.1) is 6.92 Å². The zero-order valence-electron chi connectivity index (χ0n) is 16.0. The molecule has 3 aromatic rings. The highest BCUT2D eigenvalue weighted by molar-refractivity contribution is 5.81. The van der Waals surface area contributed by atoms with Gasteiger partial charge in [0, 0.05) is 37.9 Å². The Kier molecular flexibility index (Phi) is 4.51. The molecule has 7 nitrogen and oxygen atoms in total. The highest BCUT2D eigenvalue weighted by Gasteiger charge is 2.19. The molecular weight excluding hydrogens is 340 g/mol. The van der Waals surface area contributed by atoms with Gasteiger partial charge in [-0.05, 0) is 39.0 Å². The van der Waals surface area contributed by atoms with Crippen LogP contribution in [-0.4, -0.2) is 45.7 Å². The van der Waals surface area contributed by atoms with Crippen LogP contribution in [0.3, 0.4) is 0 Å². The summed E-state index contributed by atoms with van der Waals surface area (Å²) >= 11 is 0. The first-order valence-corrected chi connectivity index (χ1v) is 9.32. The molecule has 0 bridgehead atoms. The summed E-state index contributed by atoms with van der Waals surface area (Å²) in [5, 5.41) is 0.670. The van der Waals surface area contributed by atoms with Gasteiger partial charge in [0.1, 0.15) is 5.82 Å². The van der Waals surface area contributed by atoms with E-state index in [0.29, 0.717) is 5.39 Å². The highest BCUT2D eigenvalue weighted by Crippen LogP contribution is 2.22. The van der Waals surface area contributed by atoms with Crippen LogP contribution >= 0.6 is 0 Å². The minimum Gasteiger partial charge on any atom is -0.368 e. The quantitative estimate of drug-likeness (QED) is 0.711. The van der Waals surface area contributed by atoms with Crippen molar-refractivity contribution in [2.24, 2.45) is 0 Å². The van der Waals surface area contributed by atoms with E-state index in [-0.39, 0.29) is 11.6 Å². The Hall–Kier alpha value is -2.96. The molecule has 0 atom stereocenters. The topological polar surface area (TPSA) is 67.2 Å². The second-order valence-electron chi connectivity index (χ2n) is 7.24. The molecular formula is C20H24N6O. The molecule has 7 heteroatoms. The Morgan fingerprint density at radius 1 is 0.963 bits per heavy atom. The minimum atomic E-state index is 0.0179. The standard InChI is InChI=1S/C20H24N6O/c1-14(2)26-13-23-18-10-16(4-5-17(18)20(26)27)24-6-8-25(9-7-24)19-12-21-15(3)11-22-19/h4-5,10-14H,6-9H2,1-3H3. The van der Waals surface area contributed by atoms with Gasteiger partial charge in [-0.2, -0.15) is 0 Å². The Labute approximate surface area is 158 Å². The van der Waals surface area contributed by atoms with Crippen molar-refractivity contribution in [1.29, 1.82) is 0 Å². The Morgan fingerprint density at radius 2 is 1.70 bits per heavy atom. The zero-order chi connectivity index (χ0) is 19.0. The summed E-state index contributed by atoms with van der Waals surface area (Å²) in [6.45, 7) is 9.48. The number of aryl methyl sites for hydroxylation is 1. The van der Waals surface area contributed by atoms with Gasteiger partial charge >= 0.3 is 0 Å². The van der Waals surface area contributed by atoms with Crippen LogP contribution < -0.4 is 15.4 Å². The smallest absolute Gasteiger partial charge is 0.261 e. The number of anilines is 2. The lowest BCUT2D eigenvalue weighted by Crippen LogP contribution is -2.46. The molecule has 0 aliphatic carbocycles. The predicted molar refractivity (Wildman–Crippen MR) is 108 cm³/mol. The second kappa shape index (κ2) is 6.98. The summed E-state index contributed by atoms with van der Waals surface area (Å²) in [6.07, 6.45) is 5.29. The number of fused-ring (bicyclic) bond motifs is 1. The summed E-state index contributed by atoms with van der Waals surface area (Å²) in [4.78, 5) is 30.5. The van der Waals surface area contributed by atoms with Crippen molar-refractivity contribution in [1.82, 2.24) is 19.5 Å². The molecule has 0 unspecified atom stereocenters. The van der Waals surface area contributed by atoms with Crippen LogP contribution in [0.25, 0.3) is 10.9 Å². The first kappa shape index (κ1) is 17.5. The van der Waals surface area contributed by atoms with Crippen molar-refractivity contribution < 1.29 is 0 Å². The molecule has 1 aliphatic rings. The van der Waals surface area contributed by atoms with Crippen molar-refractivity contribution >= 4 is 22.4 Å². The van der Waals surface area contributed by atoms with Gasteiger partial charge in [-0.1, -0.05) is 0 Å². The van der Waals surface area contributed by atoms with E-state index in [2.05, 4.69) is 24.8 Å². The molecule has 1 aliphatic heterocycles. The van der Waals surface area contributed by atoms with Gasteiger partial charge in [-0.3, -0.25) is 14.3 Å². The number of hydrogen-bond donors (Lipinski definition) is 0. The average molecular weight is 364 g/mol. The van der Waals surface area contributed by atoms with Crippen LogP contribution in [0.1, 0.15) is 25.6 Å². The number of hydrogen-bond acceptors (Lipinski definition) is 6. The van der Waals surface area contributed by atoms with Crippen molar-refractivity contribution in [3.05, 3.63) is 53.0 Å². The van der Waals surface area contributed by atoms with Crippen LogP contribution in [-0.2, 0) is 0 Å². The molecule has 1 fully saturated rings. The molecule has 0 amide bonds. The zero-order valence-corrected chi connectivity index (χ0v) is 16.0. The SMILES string of the molecule is Cc1cnc(N2CCN(c3ccc4c(=O)n(C(C)C)cnc4c3)CC2)cn1. The first-order chi connectivity index (χ1) is 13.0. The lowest BCUT2D eigenvalue weighted by atomic mass is 10.2. The fourth-order valence-corrected chi connectivity index (χ4v) is 3.43. The maximum absolute atomic E-state index is 12.6. The summed E-state index contributed by atoms with van der Waals surface area (Å²) in [5.74, 6) is 0.926. The lowest BCUT2D eigenvalue weighted by molar-refractivity contribution is 0.573. The van der Waals surface area contributed by atoms with Crippen molar-refractivity contribution in [2.75, 3.05) is 36.0 Å². The van der Waals surface area contributed by atoms with E-state index in [1.54, 1.807) is 17.1 Å². The predicted octanol–water partition coefficient (Wildman–Crippen LogP) is 2.40. The van der Waals surface area contributed by atoms with Gasteiger partial charge in [0.15, 0.2) is 0 Å². The molecule has 1 aromatic carbocycles. The summed E-state index contributed by atoms with van der Waals surface area (Å²) in [5.41, 5.74) is 2.80. The molecule has 2 aromatic heterocycles. The molecule has 27 heavy (non-hydrogen) atoms. The molecule has 0 N–H and O–H groups in total. The maximum Gasteiger partial charge on any atom is 0.261 e. The van der Waals surface area contributed by atoms with Crippen molar-refractivity contribution in [3.8, 4) is 0 Å². The third-order valence-electron chi connectivity index (χ3n) is 5.06. The number of aromatic nitrogens is 4. The third kappa shape index (κ3) is 3.37. The maximum atomic E-state index is 12.6. The fraction of sp³-hybridized carbons (Fsp3) is 0.400. The number of rotatable bonds is 3. The van der Waals surface area contributed by atoms with E-state index in [4.69, 9.17) is 0 Å². The van der Waals surface area contributed by atoms with E-state index < -0.39 is 0 Å². The molecule has 0 spiro atoms. The highest BCUT2D eigenvalue weighted by atomic mass is 16.1. The average Bonchev–Trinajstić information content (AvgIpc) is 2.68. The monoisotopic (exact) mass is 364 g/mol. The van der Waals surface area contributed by atoms with Crippen LogP contribution in [0.4, 0.5) is 11.5 Å². The number of benzene rings is 1. The Bertz CT molecular complexity index is 1000. The van der Waals surface area contributed by atoms with Gasteiger partial charge < -0.3 is 9.80 Å². The largest absolute Gasteiger partial charge is 0.368 e. The lowest BCUT2D eigenvalue weighted by Gasteiger charge is -2.36. The summed E-state index contributed by atoms with van der Waals surface area (Å²) in [6, 6.07) is 6.05. The first-order valence-electron chi connectivity index (χ1n) is 9.32. The van der Waals surface area contributed by atoms with Gasteiger partial charge in [0.05, 0.1) is 35.3 Å². The van der Waals surface area contributed by atoms with Gasteiger partial charge in [-0.15, -0.1) is 0 Å². The van der Waals surface area contributed by atoms with Crippen molar-refractivity contribution in [2.45, 2.75) is 26.8 Å². The molecule has 140 valence electrons. The van der Waals surface area contributed by atoms with Gasteiger partial charge in [-0.25, -0.2) is 9.97 Å². The molecule has 0 radical (unpaired) electrons. The van der Waals surface area contributed by atoms with Crippen molar-refractivity contribution in [3.63, 3.8) is 0 Å². The molecule has 0 saturated carbocycles. The second-order valence-corrected chi connectivity index (χ2v) is 7.24. The van der Waals surface area contributed by atoms with E-state index in [0.717, 1.165) is 48.9 Å². The van der Waals surface area contributed by atoms with E-state index >= 15 is 0 Å². The van der Waals surface area contributed by atoms with Crippen LogP contribution in [0.5, 0.6) is 0 Å². The summed E-state index contributed by atoms with van der Waals surface area (Å²) < 4.78 is 1.67. The van der Waals surface area contributed by atoms with E-state index in [9.17, 15) is 4.79 Å². The number of nitrogens with zero attached hydrogens (tertiary/aromatic N) is 6. The summed E-state index contributed by atoms with van der Waals surface area (Å²) in [7, 11) is 0. The molecule has 3 heterocycles. The minimum absolute atomic E-state index is 0.0179. The van der Waals surface area contributed by atoms with Crippen LogP contribution in [0.15, 0.2) is 41.7 Å². The number of piperazine rings is 1.